The Morgan fingerprint density at radius 2 is 2.17 bits per heavy atom. The van der Waals surface area contributed by atoms with Gasteiger partial charge >= 0.3 is 0 Å². The molecule has 1 saturated carbocycles. The van der Waals surface area contributed by atoms with Gasteiger partial charge in [-0.3, -0.25) is 0 Å². The number of hydrogen-bond donors (Lipinski definition) is 1. The number of benzene rings is 1. The van der Waals surface area contributed by atoms with Crippen molar-refractivity contribution in [3.05, 3.63) is 35.3 Å². The lowest BCUT2D eigenvalue weighted by Crippen LogP contribution is -2.33. The maximum atomic E-state index is 12.6. The molecule has 98 valence electrons. The van der Waals surface area contributed by atoms with Crippen LogP contribution in [0.4, 0.5) is 5.69 Å². The molecule has 0 spiro atoms. The van der Waals surface area contributed by atoms with E-state index in [9.17, 15) is 8.42 Å². The van der Waals surface area contributed by atoms with E-state index in [0.29, 0.717) is 16.7 Å². The monoisotopic (exact) mass is 330 g/mol. The van der Waals surface area contributed by atoms with Gasteiger partial charge in [0.15, 0.2) is 0 Å². The Balaban J connectivity index is 2.45. The molecule has 0 heterocycles. The summed E-state index contributed by atoms with van der Waals surface area (Å²) in [5, 5.41) is 0. The van der Waals surface area contributed by atoms with Crippen molar-refractivity contribution in [3.63, 3.8) is 0 Å². The lowest BCUT2D eigenvalue weighted by molar-refractivity contribution is 0.435. The Bertz CT molecular complexity index is 567. The molecule has 1 aliphatic carbocycles. The van der Waals surface area contributed by atoms with E-state index in [1.165, 1.54) is 10.4 Å². The second-order valence-corrected chi connectivity index (χ2v) is 7.00. The molecule has 0 radical (unpaired) electrons. The highest BCUT2D eigenvalue weighted by molar-refractivity contribution is 9.10. The average molecular weight is 331 g/mol. The highest BCUT2D eigenvalue weighted by atomic mass is 79.9. The van der Waals surface area contributed by atoms with Crippen molar-refractivity contribution in [2.45, 2.75) is 23.8 Å². The molecule has 1 fully saturated rings. The molecule has 1 aliphatic rings. The van der Waals surface area contributed by atoms with Crippen molar-refractivity contribution in [1.29, 1.82) is 0 Å². The van der Waals surface area contributed by atoms with E-state index in [1.54, 1.807) is 18.2 Å². The predicted octanol–water partition coefficient (Wildman–Crippen LogP) is 2.37. The summed E-state index contributed by atoms with van der Waals surface area (Å²) in [7, 11) is -3.52. The van der Waals surface area contributed by atoms with Crippen LogP contribution in [0.25, 0.3) is 0 Å². The van der Waals surface area contributed by atoms with Gasteiger partial charge in [-0.05, 0) is 47.0 Å². The Labute approximate surface area is 116 Å². The molecule has 2 N–H and O–H groups in total. The van der Waals surface area contributed by atoms with Crippen LogP contribution in [0.2, 0.25) is 0 Å². The number of anilines is 1. The van der Waals surface area contributed by atoms with Crippen LogP contribution in [-0.4, -0.2) is 25.3 Å². The topological polar surface area (TPSA) is 63.4 Å². The minimum Gasteiger partial charge on any atom is -0.399 e. The zero-order chi connectivity index (χ0) is 13.3. The molecule has 2 rings (SSSR count). The molecule has 6 heteroatoms. The van der Waals surface area contributed by atoms with Gasteiger partial charge in [-0.15, -0.1) is 6.58 Å². The van der Waals surface area contributed by atoms with Crippen LogP contribution in [-0.2, 0) is 10.0 Å². The molecule has 1 aromatic rings. The lowest BCUT2D eigenvalue weighted by atomic mass is 10.3. The number of rotatable bonds is 5. The molecule has 0 aromatic heterocycles. The number of nitrogens with two attached hydrogens (primary N) is 1. The fraction of sp³-hybridized carbons (Fsp3) is 0.333. The van der Waals surface area contributed by atoms with Gasteiger partial charge in [-0.2, -0.15) is 4.31 Å². The van der Waals surface area contributed by atoms with Gasteiger partial charge in [0.1, 0.15) is 0 Å². The first-order valence-electron chi connectivity index (χ1n) is 5.64. The summed E-state index contributed by atoms with van der Waals surface area (Å²) in [5.74, 6) is 0. The molecule has 0 saturated heterocycles. The zero-order valence-electron chi connectivity index (χ0n) is 9.84. The SMILES string of the molecule is C=CCN(C1CC1)S(=O)(=O)c1cc(N)ccc1Br. The van der Waals surface area contributed by atoms with Crippen LogP contribution < -0.4 is 5.73 Å². The first-order valence-corrected chi connectivity index (χ1v) is 7.88. The highest BCUT2D eigenvalue weighted by Gasteiger charge is 2.38. The standard InChI is InChI=1S/C12H15BrN2O2S/c1-2-7-15(10-4-5-10)18(16,17)12-8-9(14)3-6-11(12)13/h2-3,6,8,10H,1,4-5,7,14H2. The first-order chi connectivity index (χ1) is 8.46. The third-order valence-corrected chi connectivity index (χ3v) is 5.72. The molecule has 18 heavy (non-hydrogen) atoms. The summed E-state index contributed by atoms with van der Waals surface area (Å²) >= 11 is 3.27. The van der Waals surface area contributed by atoms with E-state index < -0.39 is 10.0 Å². The Kier molecular flexibility index (Phi) is 3.79. The van der Waals surface area contributed by atoms with Crippen LogP contribution in [0.15, 0.2) is 40.2 Å². The van der Waals surface area contributed by atoms with E-state index in [4.69, 9.17) is 5.73 Å². The summed E-state index contributed by atoms with van der Waals surface area (Å²) in [6.07, 6.45) is 3.43. The molecule has 4 nitrogen and oxygen atoms in total. The van der Waals surface area contributed by atoms with E-state index in [1.807, 2.05) is 0 Å². The highest BCUT2D eigenvalue weighted by Crippen LogP contribution is 2.34. The minimum atomic E-state index is -3.52. The molecule has 0 amide bonds. The fourth-order valence-corrected chi connectivity index (χ4v) is 4.39. The zero-order valence-corrected chi connectivity index (χ0v) is 12.2. The van der Waals surface area contributed by atoms with E-state index in [0.717, 1.165) is 12.8 Å². The number of nitrogens with zero attached hydrogens (tertiary/aromatic N) is 1. The van der Waals surface area contributed by atoms with E-state index >= 15 is 0 Å². The van der Waals surface area contributed by atoms with Crippen LogP contribution in [0.1, 0.15) is 12.8 Å². The van der Waals surface area contributed by atoms with Crippen molar-refractivity contribution >= 4 is 31.6 Å². The third kappa shape index (κ3) is 2.60. The van der Waals surface area contributed by atoms with Gasteiger partial charge in [0, 0.05) is 22.7 Å². The summed E-state index contributed by atoms with van der Waals surface area (Å²) in [6, 6.07) is 4.90. The van der Waals surface area contributed by atoms with Crippen LogP contribution in [0.5, 0.6) is 0 Å². The smallest absolute Gasteiger partial charge is 0.244 e. The molecule has 0 unspecified atom stereocenters. The van der Waals surface area contributed by atoms with Gasteiger partial charge in [0.05, 0.1) is 4.90 Å². The molecular formula is C12H15BrN2O2S. The van der Waals surface area contributed by atoms with Gasteiger partial charge in [0.2, 0.25) is 10.0 Å². The van der Waals surface area contributed by atoms with Crippen molar-refractivity contribution in [2.75, 3.05) is 12.3 Å². The van der Waals surface area contributed by atoms with Crippen molar-refractivity contribution in [1.82, 2.24) is 4.31 Å². The molecule has 1 aromatic carbocycles. The maximum absolute atomic E-state index is 12.6. The predicted molar refractivity (Wildman–Crippen MR) is 75.7 cm³/mol. The maximum Gasteiger partial charge on any atom is 0.244 e. The second kappa shape index (κ2) is 5.03. The van der Waals surface area contributed by atoms with E-state index in [-0.39, 0.29) is 10.9 Å². The lowest BCUT2D eigenvalue weighted by Gasteiger charge is -2.21. The minimum absolute atomic E-state index is 0.0985. The number of nitrogen functional groups attached to an aromatic ring is 1. The summed E-state index contributed by atoms with van der Waals surface area (Å²) in [6.45, 7) is 3.94. The molecule has 0 bridgehead atoms. The summed E-state index contributed by atoms with van der Waals surface area (Å²) < 4.78 is 27.2. The van der Waals surface area contributed by atoms with Crippen LogP contribution >= 0.6 is 15.9 Å². The Hall–Kier alpha value is -0.850. The summed E-state index contributed by atoms with van der Waals surface area (Å²) in [5.41, 5.74) is 6.10. The van der Waals surface area contributed by atoms with Gasteiger partial charge < -0.3 is 5.73 Å². The molecule has 0 atom stereocenters. The van der Waals surface area contributed by atoms with Crippen molar-refractivity contribution < 1.29 is 8.42 Å². The second-order valence-electron chi connectivity index (χ2n) is 4.28. The number of hydrogen-bond acceptors (Lipinski definition) is 3. The molecule has 0 aliphatic heterocycles. The largest absolute Gasteiger partial charge is 0.399 e. The Morgan fingerprint density at radius 3 is 2.72 bits per heavy atom. The van der Waals surface area contributed by atoms with Gasteiger partial charge in [-0.1, -0.05) is 6.08 Å². The average Bonchev–Trinajstić information content (AvgIpc) is 3.13. The fourth-order valence-electron chi connectivity index (χ4n) is 1.78. The normalized spacial score (nSPS) is 15.9. The van der Waals surface area contributed by atoms with Gasteiger partial charge in [-0.25, -0.2) is 8.42 Å². The number of halogens is 1. The van der Waals surface area contributed by atoms with Crippen LogP contribution in [0.3, 0.4) is 0 Å². The van der Waals surface area contributed by atoms with E-state index in [2.05, 4.69) is 22.5 Å². The van der Waals surface area contributed by atoms with Crippen molar-refractivity contribution in [3.8, 4) is 0 Å². The molecular weight excluding hydrogens is 316 g/mol. The van der Waals surface area contributed by atoms with Gasteiger partial charge in [0.25, 0.3) is 0 Å². The quantitative estimate of drug-likeness (QED) is 0.665. The number of sulfonamides is 1. The first kappa shape index (κ1) is 13.6. The van der Waals surface area contributed by atoms with Crippen molar-refractivity contribution in [2.24, 2.45) is 0 Å². The third-order valence-electron chi connectivity index (χ3n) is 2.81. The Morgan fingerprint density at radius 1 is 1.50 bits per heavy atom. The summed E-state index contributed by atoms with van der Waals surface area (Å²) in [4.78, 5) is 0.219. The van der Waals surface area contributed by atoms with Crippen LogP contribution in [0, 0.1) is 0 Å².